The van der Waals surface area contributed by atoms with Crippen molar-refractivity contribution < 1.29 is 4.74 Å². The van der Waals surface area contributed by atoms with Crippen molar-refractivity contribution in [3.63, 3.8) is 0 Å². The predicted molar refractivity (Wildman–Crippen MR) is 66.7 cm³/mol. The molecule has 16 heavy (non-hydrogen) atoms. The second-order valence-electron chi connectivity index (χ2n) is 5.30. The van der Waals surface area contributed by atoms with E-state index in [0.717, 1.165) is 12.5 Å². The standard InChI is InChI=1S/C13H26N2O/c1-11-13(6-10-16-11)15-8-4-12(5-9-15)3-7-14-2/h11-14H,3-10H2,1-2H3. The van der Waals surface area contributed by atoms with Crippen molar-refractivity contribution in [3.05, 3.63) is 0 Å². The lowest BCUT2D eigenvalue weighted by atomic mass is 9.92. The molecular weight excluding hydrogens is 200 g/mol. The number of nitrogens with one attached hydrogen (secondary N) is 1. The van der Waals surface area contributed by atoms with Crippen LogP contribution in [0.3, 0.4) is 0 Å². The summed E-state index contributed by atoms with van der Waals surface area (Å²) in [5.41, 5.74) is 0. The van der Waals surface area contributed by atoms with E-state index in [9.17, 15) is 0 Å². The molecule has 3 nitrogen and oxygen atoms in total. The molecule has 2 aliphatic rings. The molecule has 2 atom stereocenters. The lowest BCUT2D eigenvalue weighted by Gasteiger charge is -2.37. The van der Waals surface area contributed by atoms with Gasteiger partial charge in [-0.2, -0.15) is 0 Å². The Kier molecular flexibility index (Phi) is 4.62. The summed E-state index contributed by atoms with van der Waals surface area (Å²) in [6.07, 6.45) is 5.80. The van der Waals surface area contributed by atoms with Gasteiger partial charge in [-0.3, -0.25) is 4.90 Å². The van der Waals surface area contributed by atoms with Crippen LogP contribution in [0.1, 0.15) is 32.6 Å². The smallest absolute Gasteiger partial charge is 0.0703 e. The normalized spacial score (nSPS) is 33.4. The molecule has 0 spiro atoms. The molecule has 0 aliphatic carbocycles. The monoisotopic (exact) mass is 226 g/mol. The zero-order valence-electron chi connectivity index (χ0n) is 10.7. The summed E-state index contributed by atoms with van der Waals surface area (Å²) in [5.74, 6) is 0.946. The Morgan fingerprint density at radius 3 is 2.56 bits per heavy atom. The minimum atomic E-state index is 0.453. The SMILES string of the molecule is CNCCC1CCN(C2CCOC2C)CC1. The molecule has 0 aromatic heterocycles. The van der Waals surface area contributed by atoms with Gasteiger partial charge in [-0.25, -0.2) is 0 Å². The average Bonchev–Trinajstić information content (AvgIpc) is 2.74. The van der Waals surface area contributed by atoms with E-state index >= 15 is 0 Å². The molecular formula is C13H26N2O. The summed E-state index contributed by atoms with van der Waals surface area (Å²) in [5, 5.41) is 3.25. The summed E-state index contributed by atoms with van der Waals surface area (Å²) in [6, 6.07) is 0.699. The van der Waals surface area contributed by atoms with Crippen LogP contribution in [0.25, 0.3) is 0 Å². The van der Waals surface area contributed by atoms with Gasteiger partial charge in [0.15, 0.2) is 0 Å². The van der Waals surface area contributed by atoms with Crippen molar-refractivity contribution in [3.8, 4) is 0 Å². The molecule has 0 amide bonds. The highest BCUT2D eigenvalue weighted by Crippen LogP contribution is 2.26. The zero-order chi connectivity index (χ0) is 11.4. The summed E-state index contributed by atoms with van der Waals surface area (Å²) in [6.45, 7) is 6.93. The molecule has 2 heterocycles. The maximum absolute atomic E-state index is 5.66. The second kappa shape index (κ2) is 5.99. The Morgan fingerprint density at radius 2 is 2.00 bits per heavy atom. The number of ether oxygens (including phenoxy) is 1. The Bertz CT molecular complexity index is 202. The van der Waals surface area contributed by atoms with E-state index < -0.39 is 0 Å². The van der Waals surface area contributed by atoms with Crippen LogP contribution >= 0.6 is 0 Å². The fraction of sp³-hybridized carbons (Fsp3) is 1.00. The lowest BCUT2D eigenvalue weighted by Crippen LogP contribution is -2.44. The van der Waals surface area contributed by atoms with E-state index in [0.29, 0.717) is 12.1 Å². The summed E-state index contributed by atoms with van der Waals surface area (Å²) < 4.78 is 5.66. The molecule has 0 aromatic rings. The van der Waals surface area contributed by atoms with E-state index in [4.69, 9.17) is 4.74 Å². The van der Waals surface area contributed by atoms with Crippen molar-refractivity contribution in [2.75, 3.05) is 33.3 Å². The molecule has 0 radical (unpaired) electrons. The molecule has 2 aliphatic heterocycles. The number of nitrogens with zero attached hydrogens (tertiary/aromatic N) is 1. The van der Waals surface area contributed by atoms with Crippen LogP contribution in [0, 0.1) is 5.92 Å². The Labute approximate surface area is 99.5 Å². The topological polar surface area (TPSA) is 24.5 Å². The van der Waals surface area contributed by atoms with Gasteiger partial charge in [0, 0.05) is 12.6 Å². The van der Waals surface area contributed by atoms with E-state index in [1.165, 1.54) is 45.3 Å². The fourth-order valence-electron chi connectivity index (χ4n) is 3.12. The van der Waals surface area contributed by atoms with Crippen LogP contribution in [0.4, 0.5) is 0 Å². The highest BCUT2D eigenvalue weighted by molar-refractivity contribution is 4.85. The molecule has 94 valence electrons. The minimum Gasteiger partial charge on any atom is -0.377 e. The highest BCUT2D eigenvalue weighted by atomic mass is 16.5. The van der Waals surface area contributed by atoms with E-state index in [1.54, 1.807) is 0 Å². The Balaban J connectivity index is 1.72. The third-order valence-corrected chi connectivity index (χ3v) is 4.26. The van der Waals surface area contributed by atoms with Crippen LogP contribution in [-0.2, 0) is 4.74 Å². The molecule has 2 fully saturated rings. The molecule has 2 unspecified atom stereocenters. The molecule has 0 aromatic carbocycles. The van der Waals surface area contributed by atoms with Gasteiger partial charge in [0.05, 0.1) is 6.10 Å². The van der Waals surface area contributed by atoms with Crippen LogP contribution in [0.2, 0.25) is 0 Å². The van der Waals surface area contributed by atoms with Crippen LogP contribution in [-0.4, -0.2) is 50.3 Å². The van der Waals surface area contributed by atoms with Crippen LogP contribution in [0.15, 0.2) is 0 Å². The van der Waals surface area contributed by atoms with Crippen molar-refractivity contribution in [1.82, 2.24) is 10.2 Å². The Hall–Kier alpha value is -0.120. The summed E-state index contributed by atoms with van der Waals surface area (Å²) in [7, 11) is 2.05. The fourth-order valence-corrected chi connectivity index (χ4v) is 3.12. The average molecular weight is 226 g/mol. The number of piperidine rings is 1. The van der Waals surface area contributed by atoms with Crippen LogP contribution in [0.5, 0.6) is 0 Å². The molecule has 0 saturated carbocycles. The zero-order valence-corrected chi connectivity index (χ0v) is 10.7. The van der Waals surface area contributed by atoms with Crippen LogP contribution < -0.4 is 5.32 Å². The van der Waals surface area contributed by atoms with Gasteiger partial charge in [0.1, 0.15) is 0 Å². The maximum Gasteiger partial charge on any atom is 0.0703 e. The molecule has 2 saturated heterocycles. The van der Waals surface area contributed by atoms with Gasteiger partial charge < -0.3 is 10.1 Å². The number of hydrogen-bond donors (Lipinski definition) is 1. The van der Waals surface area contributed by atoms with E-state index in [1.807, 2.05) is 7.05 Å². The Morgan fingerprint density at radius 1 is 1.25 bits per heavy atom. The third kappa shape index (κ3) is 2.96. The first-order valence-electron chi connectivity index (χ1n) is 6.81. The van der Waals surface area contributed by atoms with Crippen molar-refractivity contribution in [2.24, 2.45) is 5.92 Å². The minimum absolute atomic E-state index is 0.453. The largest absolute Gasteiger partial charge is 0.377 e. The summed E-state index contributed by atoms with van der Waals surface area (Å²) >= 11 is 0. The quantitative estimate of drug-likeness (QED) is 0.786. The van der Waals surface area contributed by atoms with Gasteiger partial charge in [0.25, 0.3) is 0 Å². The van der Waals surface area contributed by atoms with Gasteiger partial charge in [-0.1, -0.05) is 0 Å². The second-order valence-corrected chi connectivity index (χ2v) is 5.30. The van der Waals surface area contributed by atoms with Crippen molar-refractivity contribution >= 4 is 0 Å². The lowest BCUT2D eigenvalue weighted by molar-refractivity contribution is 0.0563. The highest BCUT2D eigenvalue weighted by Gasteiger charge is 2.32. The molecule has 0 bridgehead atoms. The van der Waals surface area contributed by atoms with Gasteiger partial charge in [-0.15, -0.1) is 0 Å². The molecule has 1 N–H and O–H groups in total. The van der Waals surface area contributed by atoms with Gasteiger partial charge in [0.2, 0.25) is 0 Å². The molecule has 2 rings (SSSR count). The summed E-state index contributed by atoms with van der Waals surface area (Å²) in [4.78, 5) is 2.66. The third-order valence-electron chi connectivity index (χ3n) is 4.26. The van der Waals surface area contributed by atoms with E-state index in [2.05, 4.69) is 17.1 Å². The first kappa shape index (κ1) is 12.3. The van der Waals surface area contributed by atoms with Gasteiger partial charge in [-0.05, 0) is 65.2 Å². The number of likely N-dealkylation sites (tertiary alicyclic amines) is 1. The van der Waals surface area contributed by atoms with Crippen molar-refractivity contribution in [1.29, 1.82) is 0 Å². The number of hydrogen-bond acceptors (Lipinski definition) is 3. The predicted octanol–water partition coefficient (Wildman–Crippen LogP) is 1.49. The first-order chi connectivity index (χ1) is 7.81. The van der Waals surface area contributed by atoms with Gasteiger partial charge >= 0.3 is 0 Å². The van der Waals surface area contributed by atoms with E-state index in [-0.39, 0.29) is 0 Å². The maximum atomic E-state index is 5.66. The number of rotatable bonds is 4. The molecule has 3 heteroatoms. The first-order valence-corrected chi connectivity index (χ1v) is 6.81. The van der Waals surface area contributed by atoms with Crippen molar-refractivity contribution in [2.45, 2.75) is 44.8 Å².